The molecular weight excluding hydrogens is 406 g/mol. The van der Waals surface area contributed by atoms with Crippen LogP contribution in [0.2, 0.25) is 0 Å². The molecule has 0 spiro atoms. The zero-order chi connectivity index (χ0) is 26.6. The molecule has 1 heterocycles. The molecule has 3 rings (SSSR count). The van der Waals surface area contributed by atoms with Crippen LogP contribution >= 0.6 is 0 Å². The van der Waals surface area contributed by atoms with Gasteiger partial charge in [-0.15, -0.1) is 10.2 Å². The predicted molar refractivity (Wildman–Crippen MR) is 121 cm³/mol. The number of benzene rings is 2. The molecule has 0 radical (unpaired) electrons. The number of amides is 1. The molecule has 0 saturated heterocycles. The Morgan fingerprint density at radius 2 is 1.84 bits per heavy atom. The number of aliphatic carboxylic acids is 1. The number of tetrazole rings is 1. The van der Waals surface area contributed by atoms with Gasteiger partial charge in [-0.2, -0.15) is 5.21 Å². The highest BCUT2D eigenvalue weighted by molar-refractivity contribution is 5.84. The molecule has 2 N–H and O–H groups in total. The van der Waals surface area contributed by atoms with Crippen molar-refractivity contribution in [3.05, 3.63) is 54.0 Å². The van der Waals surface area contributed by atoms with Gasteiger partial charge in [0.25, 0.3) is 0 Å². The van der Waals surface area contributed by atoms with E-state index in [1.807, 2.05) is 6.92 Å². The molecule has 8 nitrogen and oxygen atoms in total. The Morgan fingerprint density at radius 1 is 1.16 bits per heavy atom. The zero-order valence-electron chi connectivity index (χ0n) is 22.3. The molecule has 0 aliphatic carbocycles. The summed E-state index contributed by atoms with van der Waals surface area (Å²) in [6, 6.07) is 4.31. The van der Waals surface area contributed by atoms with Crippen LogP contribution in [0.25, 0.3) is 22.5 Å². The maximum Gasteiger partial charge on any atom is 0.326 e. The van der Waals surface area contributed by atoms with Crippen molar-refractivity contribution in [1.29, 1.82) is 0 Å². The minimum atomic E-state index is -1.18. The van der Waals surface area contributed by atoms with Gasteiger partial charge in [-0.25, -0.2) is 4.79 Å². The quantitative estimate of drug-likeness (QED) is 0.490. The highest BCUT2D eigenvalue weighted by atomic mass is 16.4. The van der Waals surface area contributed by atoms with E-state index in [0.717, 1.165) is 6.42 Å². The Bertz CT molecular complexity index is 1220. The number of carboxylic acid groups (broad SMARTS) is 1. The number of carbonyl (C=O) groups is 2. The van der Waals surface area contributed by atoms with E-state index in [2.05, 4.69) is 20.6 Å². The molecule has 0 bridgehead atoms. The molecular formula is C24H29N5O3. The average molecular weight is 440 g/mol. The third-order valence-electron chi connectivity index (χ3n) is 5.07. The van der Waals surface area contributed by atoms with Crippen molar-refractivity contribution in [3.8, 4) is 22.5 Å². The van der Waals surface area contributed by atoms with Crippen LogP contribution in [0.5, 0.6) is 0 Å². The molecule has 0 fully saturated rings. The minimum absolute atomic E-state index is 0.0393. The van der Waals surface area contributed by atoms with Crippen molar-refractivity contribution in [2.45, 2.75) is 52.6 Å². The molecule has 168 valence electrons. The van der Waals surface area contributed by atoms with Crippen molar-refractivity contribution in [3.63, 3.8) is 0 Å². The summed E-state index contributed by atoms with van der Waals surface area (Å²) in [5, 5.41) is 23.7. The molecule has 0 unspecified atom stereocenters. The van der Waals surface area contributed by atoms with E-state index < -0.39 is 23.8 Å². The summed E-state index contributed by atoms with van der Waals surface area (Å²) in [5.41, 5.74) is 0.880. The summed E-state index contributed by atoms with van der Waals surface area (Å²) < 4.78 is 34.7. The normalized spacial score (nSPS) is 13.8. The monoisotopic (exact) mass is 439 g/mol. The number of carboxylic acids is 1. The highest BCUT2D eigenvalue weighted by Crippen LogP contribution is 2.30. The minimum Gasteiger partial charge on any atom is -0.480 e. The maximum atomic E-state index is 13.0. The topological polar surface area (TPSA) is 112 Å². The van der Waals surface area contributed by atoms with E-state index in [-0.39, 0.29) is 54.1 Å². The van der Waals surface area contributed by atoms with E-state index in [0.29, 0.717) is 17.5 Å². The molecule has 2 aromatic carbocycles. The lowest BCUT2D eigenvalue weighted by Crippen LogP contribution is -2.47. The number of hydrogen-bond acceptors (Lipinski definition) is 5. The third-order valence-corrected chi connectivity index (χ3v) is 5.07. The standard InChI is InChI=1S/C24H29N5O3/c1-4-5-10-21(30)29(22(16(2)3)24(31)32)15-17-11-13-18(14-12-17)19-8-6-7-9-20(19)23-25-27-28-26-23/h6-9,11-14,16,22H,4-5,10,15H2,1-3H3,(H,31,32)(H,25,26,27,28)/t22-/m0/s1/i11D,12D,13D,14D. The fraction of sp³-hybridized carbons (Fsp3) is 0.375. The Kier molecular flexibility index (Phi) is 6.02. The lowest BCUT2D eigenvalue weighted by atomic mass is 9.97. The van der Waals surface area contributed by atoms with Gasteiger partial charge in [-0.05, 0) is 34.2 Å². The highest BCUT2D eigenvalue weighted by Gasteiger charge is 2.32. The van der Waals surface area contributed by atoms with Gasteiger partial charge in [0.2, 0.25) is 11.7 Å². The average Bonchev–Trinajstić information content (AvgIpc) is 3.38. The molecule has 1 aromatic heterocycles. The number of aromatic amines is 1. The molecule has 3 aromatic rings. The summed E-state index contributed by atoms with van der Waals surface area (Å²) in [5.74, 6) is -1.78. The van der Waals surface area contributed by atoms with Crippen LogP contribution in [0, 0.1) is 5.92 Å². The number of H-pyrrole nitrogens is 1. The molecule has 0 aliphatic rings. The van der Waals surface area contributed by atoms with Crippen molar-refractivity contribution < 1.29 is 20.2 Å². The third kappa shape index (κ3) is 5.38. The first kappa shape index (κ1) is 18.1. The van der Waals surface area contributed by atoms with E-state index >= 15 is 0 Å². The summed E-state index contributed by atoms with van der Waals surface area (Å²) >= 11 is 0. The predicted octanol–water partition coefficient (Wildman–Crippen LogP) is 4.16. The lowest BCUT2D eigenvalue weighted by molar-refractivity contribution is -0.153. The van der Waals surface area contributed by atoms with Gasteiger partial charge in [-0.3, -0.25) is 4.79 Å². The van der Waals surface area contributed by atoms with Crippen LogP contribution in [-0.2, 0) is 16.1 Å². The first-order valence-corrected chi connectivity index (χ1v) is 10.5. The van der Waals surface area contributed by atoms with Gasteiger partial charge in [-0.1, -0.05) is 75.6 Å². The van der Waals surface area contributed by atoms with Crippen LogP contribution in [-0.4, -0.2) is 48.5 Å². The number of aromatic nitrogens is 4. The van der Waals surface area contributed by atoms with E-state index in [1.165, 1.54) is 4.90 Å². The fourth-order valence-corrected chi connectivity index (χ4v) is 3.49. The first-order chi connectivity index (χ1) is 17.1. The van der Waals surface area contributed by atoms with Crippen molar-refractivity contribution in [2.24, 2.45) is 5.92 Å². The Labute approximate surface area is 193 Å². The largest absolute Gasteiger partial charge is 0.480 e. The van der Waals surface area contributed by atoms with Crippen LogP contribution in [0.4, 0.5) is 0 Å². The molecule has 0 aliphatic heterocycles. The van der Waals surface area contributed by atoms with Crippen LogP contribution < -0.4 is 0 Å². The number of unbranched alkanes of at least 4 members (excludes halogenated alkanes) is 1. The number of nitrogens with one attached hydrogen (secondary N) is 1. The molecule has 32 heavy (non-hydrogen) atoms. The summed E-state index contributed by atoms with van der Waals surface area (Å²) in [4.78, 5) is 26.3. The van der Waals surface area contributed by atoms with E-state index in [9.17, 15) is 14.7 Å². The second kappa shape index (κ2) is 10.7. The molecule has 0 saturated carbocycles. The number of hydrogen-bond donors (Lipinski definition) is 2. The van der Waals surface area contributed by atoms with Crippen molar-refractivity contribution in [1.82, 2.24) is 25.5 Å². The van der Waals surface area contributed by atoms with E-state index in [4.69, 9.17) is 5.48 Å². The SMILES string of the molecule is [2H]c1c([2H])c(-c2ccccc2-c2nn[nH]n2)c([2H])c([2H])c1CN(C(=O)CCCC)[C@H](C(=O)O)C(C)C. The molecule has 1 amide bonds. The van der Waals surface area contributed by atoms with Gasteiger partial charge in [0.1, 0.15) is 6.04 Å². The van der Waals surface area contributed by atoms with Gasteiger partial charge < -0.3 is 10.0 Å². The molecule has 8 heteroatoms. The van der Waals surface area contributed by atoms with Gasteiger partial charge in [0.05, 0.1) is 5.48 Å². The maximum absolute atomic E-state index is 13.0. The van der Waals surface area contributed by atoms with Crippen LogP contribution in [0.3, 0.4) is 0 Å². The summed E-state index contributed by atoms with van der Waals surface area (Å²) in [6.45, 7) is 4.94. The van der Waals surface area contributed by atoms with Crippen molar-refractivity contribution >= 4 is 11.9 Å². The Hall–Kier alpha value is -3.55. The Balaban J connectivity index is 2.15. The van der Waals surface area contributed by atoms with Crippen LogP contribution in [0.15, 0.2) is 48.4 Å². The van der Waals surface area contributed by atoms with E-state index in [1.54, 1.807) is 38.1 Å². The zero-order valence-corrected chi connectivity index (χ0v) is 18.3. The second-order valence-electron chi connectivity index (χ2n) is 7.79. The molecule has 1 atom stereocenters. The summed E-state index contributed by atoms with van der Waals surface area (Å²) in [7, 11) is 0. The fourth-order valence-electron chi connectivity index (χ4n) is 3.49. The van der Waals surface area contributed by atoms with Gasteiger partial charge >= 0.3 is 5.97 Å². The second-order valence-corrected chi connectivity index (χ2v) is 7.79. The first-order valence-electron chi connectivity index (χ1n) is 12.5. The van der Waals surface area contributed by atoms with Crippen LogP contribution in [0.1, 0.15) is 51.1 Å². The Morgan fingerprint density at radius 3 is 2.41 bits per heavy atom. The number of rotatable bonds is 10. The number of carbonyl (C=O) groups excluding carboxylic acids is 1. The van der Waals surface area contributed by atoms with Gasteiger partial charge in [0, 0.05) is 18.5 Å². The number of nitrogens with zero attached hydrogens (tertiary/aromatic N) is 4. The van der Waals surface area contributed by atoms with Crippen molar-refractivity contribution in [2.75, 3.05) is 0 Å². The summed E-state index contributed by atoms with van der Waals surface area (Å²) in [6.07, 6.45) is 1.44. The smallest absolute Gasteiger partial charge is 0.326 e. The lowest BCUT2D eigenvalue weighted by Gasteiger charge is -2.32. The van der Waals surface area contributed by atoms with Gasteiger partial charge in [0.15, 0.2) is 0 Å².